The lowest BCUT2D eigenvalue weighted by Gasteiger charge is -2.11. The topological polar surface area (TPSA) is 54.2 Å². The fraction of sp³-hybridized carbons (Fsp3) is 0.333. The number of para-hydroxylation sites is 1. The van der Waals surface area contributed by atoms with Gasteiger partial charge in [0.05, 0.1) is 15.2 Å². The molecule has 134 valence electrons. The molecular formula is C18H24IN5S. The largest absolute Gasteiger partial charge is 0.356 e. The number of aromatic nitrogens is 2. The molecule has 2 N–H and O–H groups in total. The Balaban J connectivity index is 0.00000225. The summed E-state index contributed by atoms with van der Waals surface area (Å²) in [6.45, 7) is 2.67. The molecule has 5 nitrogen and oxygen atoms in total. The molecule has 0 bridgehead atoms. The number of aliphatic imine (C=N–C) groups is 1. The van der Waals surface area contributed by atoms with E-state index in [0.717, 1.165) is 44.0 Å². The van der Waals surface area contributed by atoms with Crippen LogP contribution in [0.3, 0.4) is 0 Å². The summed E-state index contributed by atoms with van der Waals surface area (Å²) < 4.78 is 3.41. The molecule has 25 heavy (non-hydrogen) atoms. The van der Waals surface area contributed by atoms with E-state index in [4.69, 9.17) is 0 Å². The molecule has 3 aromatic rings. The van der Waals surface area contributed by atoms with E-state index in [2.05, 4.69) is 55.8 Å². The quantitative estimate of drug-likeness (QED) is 0.241. The lowest BCUT2D eigenvalue weighted by Crippen LogP contribution is -2.39. The van der Waals surface area contributed by atoms with Crippen molar-refractivity contribution in [3.05, 3.63) is 53.8 Å². The summed E-state index contributed by atoms with van der Waals surface area (Å²) in [4.78, 5) is 8.93. The summed E-state index contributed by atoms with van der Waals surface area (Å²) in [5.74, 6) is 0.853. The van der Waals surface area contributed by atoms with Gasteiger partial charge in [0.2, 0.25) is 0 Å². The second-order valence-electron chi connectivity index (χ2n) is 5.53. The summed E-state index contributed by atoms with van der Waals surface area (Å²) in [6.07, 6.45) is 6.16. The summed E-state index contributed by atoms with van der Waals surface area (Å²) in [5, 5.41) is 7.90. The molecule has 0 aliphatic heterocycles. The maximum Gasteiger partial charge on any atom is 0.191 e. The van der Waals surface area contributed by atoms with Gasteiger partial charge in [-0.25, -0.2) is 4.98 Å². The normalized spacial score (nSPS) is 11.3. The number of nitrogens with zero attached hydrogens (tertiary/aromatic N) is 3. The lowest BCUT2D eigenvalue weighted by atomic mass is 10.3. The SMILES string of the molecule is CN=C(NCCCc1nc2ccccc2s1)NCCn1cccc1.I. The second kappa shape index (κ2) is 10.4. The van der Waals surface area contributed by atoms with Gasteiger partial charge >= 0.3 is 0 Å². The number of halogens is 1. The van der Waals surface area contributed by atoms with Crippen molar-refractivity contribution in [2.45, 2.75) is 19.4 Å². The van der Waals surface area contributed by atoms with Crippen molar-refractivity contribution in [3.8, 4) is 0 Å². The second-order valence-corrected chi connectivity index (χ2v) is 6.64. The molecule has 0 aliphatic carbocycles. The van der Waals surface area contributed by atoms with Crippen LogP contribution in [0.5, 0.6) is 0 Å². The van der Waals surface area contributed by atoms with Crippen LogP contribution in [0, 0.1) is 0 Å². The highest BCUT2D eigenvalue weighted by Gasteiger charge is 2.03. The van der Waals surface area contributed by atoms with Crippen LogP contribution >= 0.6 is 35.3 Å². The first kappa shape index (κ1) is 19.7. The smallest absolute Gasteiger partial charge is 0.191 e. The summed E-state index contributed by atoms with van der Waals surface area (Å²) in [6, 6.07) is 12.4. The fourth-order valence-electron chi connectivity index (χ4n) is 2.52. The van der Waals surface area contributed by atoms with Gasteiger partial charge in [0, 0.05) is 45.5 Å². The number of nitrogens with one attached hydrogen (secondary N) is 2. The summed E-state index contributed by atoms with van der Waals surface area (Å²) >= 11 is 1.79. The zero-order valence-electron chi connectivity index (χ0n) is 14.3. The number of hydrogen-bond donors (Lipinski definition) is 2. The number of aryl methyl sites for hydroxylation is 1. The van der Waals surface area contributed by atoms with Gasteiger partial charge < -0.3 is 15.2 Å². The standard InChI is InChI=1S/C18H23N5S.HI/c1-19-18(21-11-14-23-12-4-5-13-23)20-10-6-9-17-22-15-7-2-3-8-16(15)24-17;/h2-5,7-8,12-13H,6,9-11,14H2,1H3,(H2,19,20,21);1H. The van der Waals surface area contributed by atoms with Gasteiger partial charge in [-0.2, -0.15) is 0 Å². The Morgan fingerprint density at radius 3 is 2.64 bits per heavy atom. The Labute approximate surface area is 169 Å². The van der Waals surface area contributed by atoms with Gasteiger partial charge in [0.25, 0.3) is 0 Å². The molecular weight excluding hydrogens is 445 g/mol. The molecule has 0 atom stereocenters. The number of hydrogen-bond acceptors (Lipinski definition) is 3. The Hall–Kier alpha value is -1.61. The van der Waals surface area contributed by atoms with Crippen molar-refractivity contribution in [1.29, 1.82) is 0 Å². The number of thiazole rings is 1. The van der Waals surface area contributed by atoms with Crippen LogP contribution in [0.15, 0.2) is 53.8 Å². The first-order valence-corrected chi connectivity index (χ1v) is 9.06. The van der Waals surface area contributed by atoms with E-state index in [9.17, 15) is 0 Å². The third-order valence-electron chi connectivity index (χ3n) is 3.75. The van der Waals surface area contributed by atoms with Crippen LogP contribution < -0.4 is 10.6 Å². The van der Waals surface area contributed by atoms with Crippen LogP contribution in [0.25, 0.3) is 10.2 Å². The molecule has 7 heteroatoms. The van der Waals surface area contributed by atoms with Crippen molar-refractivity contribution >= 4 is 51.5 Å². The summed E-state index contributed by atoms with van der Waals surface area (Å²) in [5.41, 5.74) is 1.10. The maximum atomic E-state index is 4.67. The van der Waals surface area contributed by atoms with E-state index in [1.54, 1.807) is 18.4 Å². The average Bonchev–Trinajstić information content (AvgIpc) is 3.25. The van der Waals surface area contributed by atoms with Crippen LogP contribution in [-0.2, 0) is 13.0 Å². The van der Waals surface area contributed by atoms with E-state index in [0.29, 0.717) is 0 Å². The van der Waals surface area contributed by atoms with E-state index in [-0.39, 0.29) is 24.0 Å². The fourth-order valence-corrected chi connectivity index (χ4v) is 3.53. The molecule has 3 rings (SSSR count). The van der Waals surface area contributed by atoms with Gasteiger partial charge in [0.15, 0.2) is 5.96 Å². The third-order valence-corrected chi connectivity index (χ3v) is 4.85. The van der Waals surface area contributed by atoms with Crippen molar-refractivity contribution < 1.29 is 0 Å². The minimum Gasteiger partial charge on any atom is -0.356 e. The first-order valence-electron chi connectivity index (χ1n) is 8.25. The highest BCUT2D eigenvalue weighted by Crippen LogP contribution is 2.22. The third kappa shape index (κ3) is 6.00. The number of fused-ring (bicyclic) bond motifs is 1. The predicted molar refractivity (Wildman–Crippen MR) is 117 cm³/mol. The molecule has 0 unspecified atom stereocenters. The van der Waals surface area contributed by atoms with Gasteiger partial charge in [-0.05, 0) is 30.7 Å². The highest BCUT2D eigenvalue weighted by atomic mass is 127. The molecule has 0 fully saturated rings. The zero-order chi connectivity index (χ0) is 16.6. The molecule has 0 saturated carbocycles. The highest BCUT2D eigenvalue weighted by molar-refractivity contribution is 14.0. The van der Waals surface area contributed by atoms with Gasteiger partial charge in [-0.15, -0.1) is 35.3 Å². The monoisotopic (exact) mass is 469 g/mol. The maximum absolute atomic E-state index is 4.67. The molecule has 0 aliphatic rings. The van der Waals surface area contributed by atoms with Crippen LogP contribution in [0.2, 0.25) is 0 Å². The average molecular weight is 469 g/mol. The predicted octanol–water partition coefficient (Wildman–Crippen LogP) is 3.51. The first-order chi connectivity index (χ1) is 11.8. The Kier molecular flexibility index (Phi) is 8.20. The van der Waals surface area contributed by atoms with Crippen LogP contribution in [0.1, 0.15) is 11.4 Å². The molecule has 0 amide bonds. The van der Waals surface area contributed by atoms with E-state index in [1.165, 1.54) is 9.71 Å². The molecule has 1 aromatic carbocycles. The van der Waals surface area contributed by atoms with E-state index < -0.39 is 0 Å². The minimum atomic E-state index is 0. The molecule has 0 saturated heterocycles. The lowest BCUT2D eigenvalue weighted by molar-refractivity contribution is 0.661. The summed E-state index contributed by atoms with van der Waals surface area (Å²) in [7, 11) is 1.80. The van der Waals surface area contributed by atoms with Crippen LogP contribution in [0.4, 0.5) is 0 Å². The number of guanidine groups is 1. The number of benzene rings is 1. The number of rotatable bonds is 7. The molecule has 0 radical (unpaired) electrons. The Morgan fingerprint density at radius 2 is 1.88 bits per heavy atom. The molecule has 0 spiro atoms. The van der Waals surface area contributed by atoms with E-state index in [1.807, 2.05) is 18.2 Å². The van der Waals surface area contributed by atoms with Crippen LogP contribution in [-0.4, -0.2) is 35.6 Å². The van der Waals surface area contributed by atoms with Gasteiger partial charge in [0.1, 0.15) is 0 Å². The van der Waals surface area contributed by atoms with Gasteiger partial charge in [-0.3, -0.25) is 4.99 Å². The molecule has 2 heterocycles. The van der Waals surface area contributed by atoms with Gasteiger partial charge in [-0.1, -0.05) is 12.1 Å². The van der Waals surface area contributed by atoms with Crippen molar-refractivity contribution in [2.75, 3.05) is 20.1 Å². The minimum absolute atomic E-state index is 0. The van der Waals surface area contributed by atoms with Crippen molar-refractivity contribution in [3.63, 3.8) is 0 Å². The van der Waals surface area contributed by atoms with Crippen molar-refractivity contribution in [1.82, 2.24) is 20.2 Å². The zero-order valence-corrected chi connectivity index (χ0v) is 17.5. The van der Waals surface area contributed by atoms with Crippen molar-refractivity contribution in [2.24, 2.45) is 4.99 Å². The van der Waals surface area contributed by atoms with E-state index >= 15 is 0 Å². The Morgan fingerprint density at radius 1 is 1.12 bits per heavy atom. The Bertz CT molecular complexity index is 749. The molecule has 2 aromatic heterocycles.